The Bertz CT molecular complexity index is 656. The molecule has 0 spiro atoms. The van der Waals surface area contributed by atoms with E-state index in [-0.39, 0.29) is 16.4 Å². The van der Waals surface area contributed by atoms with E-state index in [2.05, 4.69) is 17.2 Å². The molecule has 2 unspecified atom stereocenters. The monoisotopic (exact) mass is 353 g/mol. The summed E-state index contributed by atoms with van der Waals surface area (Å²) in [4.78, 5) is 4.51. The van der Waals surface area contributed by atoms with Crippen molar-refractivity contribution in [2.24, 2.45) is 5.41 Å². The zero-order valence-corrected chi connectivity index (χ0v) is 15.1. The number of rotatable bonds is 5. The molecule has 6 nitrogen and oxygen atoms in total. The van der Waals surface area contributed by atoms with Crippen LogP contribution < -0.4 is 5.32 Å². The van der Waals surface area contributed by atoms with Crippen molar-refractivity contribution in [3.63, 3.8) is 0 Å². The fourth-order valence-corrected chi connectivity index (χ4v) is 5.06. The molecule has 1 saturated heterocycles. The molecule has 1 aliphatic carbocycles. The van der Waals surface area contributed by atoms with Crippen molar-refractivity contribution in [1.29, 1.82) is 0 Å². The lowest BCUT2D eigenvalue weighted by molar-refractivity contribution is 0.00958. The molecule has 1 saturated carbocycles. The zero-order valence-electron chi connectivity index (χ0n) is 14.2. The van der Waals surface area contributed by atoms with Crippen LogP contribution in [-0.4, -0.2) is 48.6 Å². The van der Waals surface area contributed by atoms with E-state index in [0.717, 1.165) is 38.5 Å². The first-order valence-corrected chi connectivity index (χ1v) is 10.2. The molecule has 24 heavy (non-hydrogen) atoms. The second-order valence-corrected chi connectivity index (χ2v) is 9.20. The third-order valence-corrected chi connectivity index (χ3v) is 7.27. The number of nitrogens with one attached hydrogen (secondary N) is 1. The SMILES string of the molecule is CC1(CNc2ccc(S(=O)(=O)N3CCCC3)cn2)CCCCC1O. The molecule has 134 valence electrons. The lowest BCUT2D eigenvalue weighted by Crippen LogP contribution is -2.41. The third-order valence-electron chi connectivity index (χ3n) is 5.39. The maximum atomic E-state index is 12.5. The van der Waals surface area contributed by atoms with Gasteiger partial charge in [0.05, 0.1) is 6.10 Å². The first-order chi connectivity index (χ1) is 11.4. The van der Waals surface area contributed by atoms with Gasteiger partial charge in [-0.2, -0.15) is 4.31 Å². The van der Waals surface area contributed by atoms with Crippen LogP contribution in [0.1, 0.15) is 45.4 Å². The smallest absolute Gasteiger partial charge is 0.244 e. The summed E-state index contributed by atoms with van der Waals surface area (Å²) in [5.41, 5.74) is -0.153. The summed E-state index contributed by atoms with van der Waals surface area (Å²) in [5, 5.41) is 13.5. The van der Waals surface area contributed by atoms with Crippen LogP contribution in [0.3, 0.4) is 0 Å². The van der Waals surface area contributed by atoms with Gasteiger partial charge < -0.3 is 10.4 Å². The molecular weight excluding hydrogens is 326 g/mol. The fraction of sp³-hybridized carbons (Fsp3) is 0.706. The van der Waals surface area contributed by atoms with Crippen molar-refractivity contribution in [3.8, 4) is 0 Å². The van der Waals surface area contributed by atoms with Crippen molar-refractivity contribution < 1.29 is 13.5 Å². The van der Waals surface area contributed by atoms with Gasteiger partial charge in [0, 0.05) is 31.2 Å². The van der Waals surface area contributed by atoms with Gasteiger partial charge in [0.1, 0.15) is 10.7 Å². The van der Waals surface area contributed by atoms with E-state index in [1.165, 1.54) is 10.5 Å². The van der Waals surface area contributed by atoms with Crippen LogP contribution in [0, 0.1) is 5.41 Å². The van der Waals surface area contributed by atoms with Gasteiger partial charge in [-0.3, -0.25) is 0 Å². The Balaban J connectivity index is 1.64. The summed E-state index contributed by atoms with van der Waals surface area (Å²) >= 11 is 0. The number of sulfonamides is 1. The van der Waals surface area contributed by atoms with Crippen molar-refractivity contribution >= 4 is 15.8 Å². The van der Waals surface area contributed by atoms with E-state index in [0.29, 0.717) is 25.5 Å². The normalized spacial score (nSPS) is 28.8. The lowest BCUT2D eigenvalue weighted by Gasteiger charge is -2.38. The number of aliphatic hydroxyl groups is 1. The van der Waals surface area contributed by atoms with Crippen LogP contribution in [0.15, 0.2) is 23.2 Å². The van der Waals surface area contributed by atoms with Crippen LogP contribution in [-0.2, 0) is 10.0 Å². The molecule has 7 heteroatoms. The minimum absolute atomic E-state index is 0.153. The summed E-state index contributed by atoms with van der Waals surface area (Å²) < 4.78 is 26.5. The Labute approximate surface area is 144 Å². The van der Waals surface area contributed by atoms with Crippen molar-refractivity contribution in [2.75, 3.05) is 25.0 Å². The van der Waals surface area contributed by atoms with Crippen LogP contribution in [0.5, 0.6) is 0 Å². The highest BCUT2D eigenvalue weighted by Crippen LogP contribution is 2.36. The summed E-state index contributed by atoms with van der Waals surface area (Å²) in [7, 11) is -3.41. The van der Waals surface area contributed by atoms with Gasteiger partial charge >= 0.3 is 0 Å². The molecule has 2 heterocycles. The van der Waals surface area contributed by atoms with Gasteiger partial charge in [0.25, 0.3) is 0 Å². The van der Waals surface area contributed by atoms with E-state index >= 15 is 0 Å². The zero-order chi connectivity index (χ0) is 17.2. The maximum absolute atomic E-state index is 12.5. The maximum Gasteiger partial charge on any atom is 0.244 e. The van der Waals surface area contributed by atoms with Crippen LogP contribution in [0.4, 0.5) is 5.82 Å². The minimum Gasteiger partial charge on any atom is -0.392 e. The highest BCUT2D eigenvalue weighted by molar-refractivity contribution is 7.89. The predicted octanol–water partition coefficient (Wildman–Crippen LogP) is 2.22. The largest absolute Gasteiger partial charge is 0.392 e. The first kappa shape index (κ1) is 17.6. The number of anilines is 1. The van der Waals surface area contributed by atoms with Crippen LogP contribution in [0.25, 0.3) is 0 Å². The number of pyridine rings is 1. The molecular formula is C17H27N3O3S. The molecule has 0 bridgehead atoms. The molecule has 1 aromatic heterocycles. The standard InChI is InChI=1S/C17H27N3O3S/c1-17(9-3-2-6-15(17)21)13-19-16-8-7-14(12-18-16)24(22,23)20-10-4-5-11-20/h7-8,12,15,21H,2-6,9-11,13H2,1H3,(H,18,19). The molecule has 0 radical (unpaired) electrons. The van der Waals surface area contributed by atoms with E-state index in [1.54, 1.807) is 12.1 Å². The van der Waals surface area contributed by atoms with Gasteiger partial charge in [0.2, 0.25) is 10.0 Å². The van der Waals surface area contributed by atoms with E-state index < -0.39 is 10.0 Å². The summed E-state index contributed by atoms with van der Waals surface area (Å²) in [5.74, 6) is 0.648. The van der Waals surface area contributed by atoms with Crippen molar-refractivity contribution in [1.82, 2.24) is 9.29 Å². The molecule has 0 aromatic carbocycles. The van der Waals surface area contributed by atoms with Crippen LogP contribution in [0.2, 0.25) is 0 Å². The highest BCUT2D eigenvalue weighted by Gasteiger charge is 2.35. The van der Waals surface area contributed by atoms with Gasteiger partial charge in [-0.15, -0.1) is 0 Å². The number of nitrogens with zero attached hydrogens (tertiary/aromatic N) is 2. The molecule has 1 aromatic rings. The second kappa shape index (κ2) is 6.98. The fourth-order valence-electron chi connectivity index (χ4n) is 3.60. The Morgan fingerprint density at radius 3 is 2.67 bits per heavy atom. The highest BCUT2D eigenvalue weighted by atomic mass is 32.2. The molecule has 2 aliphatic rings. The molecule has 1 aliphatic heterocycles. The third kappa shape index (κ3) is 3.58. The molecule has 0 amide bonds. The van der Waals surface area contributed by atoms with Gasteiger partial charge in [0.15, 0.2) is 0 Å². The lowest BCUT2D eigenvalue weighted by atomic mass is 9.73. The molecule has 2 fully saturated rings. The first-order valence-electron chi connectivity index (χ1n) is 8.80. The molecule has 2 N–H and O–H groups in total. The Kier molecular flexibility index (Phi) is 5.13. The Morgan fingerprint density at radius 1 is 1.29 bits per heavy atom. The number of aliphatic hydroxyl groups excluding tert-OH is 1. The van der Waals surface area contributed by atoms with Gasteiger partial charge in [-0.05, 0) is 37.8 Å². The van der Waals surface area contributed by atoms with E-state index in [4.69, 9.17) is 0 Å². The van der Waals surface area contributed by atoms with Crippen LogP contribution >= 0.6 is 0 Å². The predicted molar refractivity (Wildman–Crippen MR) is 93.3 cm³/mol. The number of hydrogen-bond acceptors (Lipinski definition) is 5. The minimum atomic E-state index is -3.41. The molecule has 3 rings (SSSR count). The summed E-state index contributed by atoms with van der Waals surface area (Å²) in [6, 6.07) is 3.32. The number of hydrogen-bond donors (Lipinski definition) is 2. The van der Waals surface area contributed by atoms with Gasteiger partial charge in [-0.1, -0.05) is 19.8 Å². The van der Waals surface area contributed by atoms with Crippen molar-refractivity contribution in [2.45, 2.75) is 56.4 Å². The van der Waals surface area contributed by atoms with Crippen molar-refractivity contribution in [3.05, 3.63) is 18.3 Å². The topological polar surface area (TPSA) is 82.5 Å². The van der Waals surface area contributed by atoms with E-state index in [9.17, 15) is 13.5 Å². The second-order valence-electron chi connectivity index (χ2n) is 7.26. The Hall–Kier alpha value is -1.18. The summed E-state index contributed by atoms with van der Waals surface area (Å²) in [6.45, 7) is 3.92. The quantitative estimate of drug-likeness (QED) is 0.848. The van der Waals surface area contributed by atoms with Gasteiger partial charge in [-0.25, -0.2) is 13.4 Å². The van der Waals surface area contributed by atoms with E-state index in [1.807, 2.05) is 0 Å². The average Bonchev–Trinajstić information content (AvgIpc) is 3.12. The summed E-state index contributed by atoms with van der Waals surface area (Å²) in [6.07, 6.45) is 7.03. The number of aromatic nitrogens is 1. The molecule has 2 atom stereocenters. The Morgan fingerprint density at radius 2 is 2.04 bits per heavy atom. The average molecular weight is 353 g/mol.